The Labute approximate surface area is 134 Å². The molecule has 4 heteroatoms. The summed E-state index contributed by atoms with van der Waals surface area (Å²) in [6.45, 7) is 5.75. The number of aliphatic hydroxyl groups is 1. The molecule has 1 N–H and O–H groups in total. The van der Waals surface area contributed by atoms with Gasteiger partial charge in [-0.15, -0.1) is 0 Å². The second kappa shape index (κ2) is 6.16. The fraction of sp³-hybridized carbons (Fsp3) is 0.353. The Morgan fingerprint density at radius 3 is 2.67 bits per heavy atom. The van der Waals surface area contributed by atoms with Crippen LogP contribution >= 0.6 is 15.9 Å². The first-order chi connectivity index (χ1) is 9.85. The third-order valence-corrected chi connectivity index (χ3v) is 4.20. The van der Waals surface area contributed by atoms with Gasteiger partial charge in [-0.3, -0.25) is 4.98 Å². The van der Waals surface area contributed by atoms with Crippen LogP contribution in [0.5, 0.6) is 5.75 Å². The number of methoxy groups -OCH3 is 1. The minimum atomic E-state index is -0.984. The van der Waals surface area contributed by atoms with E-state index in [0.29, 0.717) is 6.42 Å². The van der Waals surface area contributed by atoms with Crippen LogP contribution < -0.4 is 4.74 Å². The van der Waals surface area contributed by atoms with Gasteiger partial charge in [-0.05, 0) is 38.5 Å². The molecule has 112 valence electrons. The molecular formula is C17H20BrNO2. The highest BCUT2D eigenvalue weighted by Gasteiger charge is 2.26. The zero-order valence-corrected chi connectivity index (χ0v) is 14.4. The lowest BCUT2D eigenvalue weighted by Gasteiger charge is -2.25. The van der Waals surface area contributed by atoms with Crippen LogP contribution in [-0.2, 0) is 12.0 Å². The molecule has 2 aromatic rings. The van der Waals surface area contributed by atoms with Gasteiger partial charge in [0.05, 0.1) is 18.4 Å². The van der Waals surface area contributed by atoms with E-state index in [1.807, 2.05) is 45.0 Å². The van der Waals surface area contributed by atoms with Crippen molar-refractivity contribution in [3.05, 3.63) is 57.3 Å². The highest BCUT2D eigenvalue weighted by Crippen LogP contribution is 2.31. The van der Waals surface area contributed by atoms with Gasteiger partial charge in [-0.25, -0.2) is 0 Å². The zero-order valence-electron chi connectivity index (χ0n) is 12.8. The molecule has 0 saturated carbocycles. The number of aryl methyl sites for hydroxylation is 1. The Balaban J connectivity index is 2.37. The van der Waals surface area contributed by atoms with Crippen molar-refractivity contribution in [2.24, 2.45) is 0 Å². The van der Waals surface area contributed by atoms with Crippen LogP contribution in [0.4, 0.5) is 0 Å². The fourth-order valence-electron chi connectivity index (χ4n) is 2.50. The van der Waals surface area contributed by atoms with Crippen molar-refractivity contribution in [1.29, 1.82) is 0 Å². The maximum Gasteiger partial charge on any atom is 0.128 e. The van der Waals surface area contributed by atoms with Gasteiger partial charge in [0.25, 0.3) is 0 Å². The lowest BCUT2D eigenvalue weighted by molar-refractivity contribution is 0.0563. The van der Waals surface area contributed by atoms with E-state index in [0.717, 1.165) is 32.6 Å². The third-order valence-electron chi connectivity index (χ3n) is 3.71. The van der Waals surface area contributed by atoms with Crippen molar-refractivity contribution in [2.75, 3.05) is 7.11 Å². The topological polar surface area (TPSA) is 42.4 Å². The first-order valence-electron chi connectivity index (χ1n) is 6.82. The number of ether oxygens (including phenoxy) is 1. The van der Waals surface area contributed by atoms with E-state index in [-0.39, 0.29) is 0 Å². The Morgan fingerprint density at radius 1 is 1.33 bits per heavy atom. The van der Waals surface area contributed by atoms with Gasteiger partial charge in [0.15, 0.2) is 0 Å². The lowest BCUT2D eigenvalue weighted by Crippen LogP contribution is -2.25. The van der Waals surface area contributed by atoms with Crippen LogP contribution in [-0.4, -0.2) is 17.2 Å². The molecule has 0 spiro atoms. The summed E-state index contributed by atoms with van der Waals surface area (Å²) in [4.78, 5) is 4.47. The van der Waals surface area contributed by atoms with Crippen LogP contribution in [0.1, 0.15) is 29.3 Å². The van der Waals surface area contributed by atoms with Gasteiger partial charge in [-0.1, -0.05) is 28.1 Å². The van der Waals surface area contributed by atoms with Crippen molar-refractivity contribution in [2.45, 2.75) is 32.8 Å². The quantitative estimate of drug-likeness (QED) is 0.909. The molecule has 0 saturated heterocycles. The number of halogens is 1. The number of nitrogens with zero attached hydrogens (tertiary/aromatic N) is 1. The van der Waals surface area contributed by atoms with Crippen molar-refractivity contribution in [3.8, 4) is 5.75 Å². The SMILES string of the molecule is COc1c(C)cnc(CC(C)(O)c2cccc(Br)c2)c1C. The standard InChI is InChI=1S/C17H20BrNO2/c1-11-10-19-15(12(2)16(11)21-4)9-17(3,20)13-6-5-7-14(18)8-13/h5-8,10,20H,9H2,1-4H3. The van der Waals surface area contributed by atoms with E-state index in [2.05, 4.69) is 20.9 Å². The highest BCUT2D eigenvalue weighted by molar-refractivity contribution is 9.10. The van der Waals surface area contributed by atoms with E-state index < -0.39 is 5.60 Å². The average Bonchev–Trinajstić information content (AvgIpc) is 2.43. The molecule has 0 radical (unpaired) electrons. The molecule has 0 aliphatic heterocycles. The molecule has 1 aromatic heterocycles. The number of hydrogen-bond acceptors (Lipinski definition) is 3. The van der Waals surface area contributed by atoms with E-state index in [4.69, 9.17) is 4.74 Å². The Morgan fingerprint density at radius 2 is 2.05 bits per heavy atom. The first-order valence-corrected chi connectivity index (χ1v) is 7.62. The van der Waals surface area contributed by atoms with Gasteiger partial charge < -0.3 is 9.84 Å². The van der Waals surface area contributed by atoms with E-state index >= 15 is 0 Å². The van der Waals surface area contributed by atoms with Gasteiger partial charge >= 0.3 is 0 Å². The summed E-state index contributed by atoms with van der Waals surface area (Å²) < 4.78 is 6.38. The number of pyridine rings is 1. The molecule has 1 atom stereocenters. The van der Waals surface area contributed by atoms with E-state index in [1.165, 1.54) is 0 Å². The Hall–Kier alpha value is -1.39. The molecule has 0 amide bonds. The summed E-state index contributed by atoms with van der Waals surface area (Å²) in [7, 11) is 1.66. The second-order valence-electron chi connectivity index (χ2n) is 5.51. The van der Waals surface area contributed by atoms with Crippen LogP contribution in [0, 0.1) is 13.8 Å². The summed E-state index contributed by atoms with van der Waals surface area (Å²) in [5, 5.41) is 10.8. The average molecular weight is 350 g/mol. The third kappa shape index (κ3) is 3.44. The van der Waals surface area contributed by atoms with E-state index in [1.54, 1.807) is 13.3 Å². The van der Waals surface area contributed by atoms with Gasteiger partial charge in [0, 0.05) is 28.2 Å². The minimum Gasteiger partial charge on any atom is -0.496 e. The molecule has 2 rings (SSSR count). The van der Waals surface area contributed by atoms with Crippen molar-refractivity contribution < 1.29 is 9.84 Å². The normalized spacial score (nSPS) is 13.8. The largest absolute Gasteiger partial charge is 0.496 e. The fourth-order valence-corrected chi connectivity index (χ4v) is 2.90. The Kier molecular flexibility index (Phi) is 4.69. The van der Waals surface area contributed by atoms with Crippen molar-refractivity contribution >= 4 is 15.9 Å². The maximum atomic E-state index is 10.8. The maximum absolute atomic E-state index is 10.8. The molecule has 0 fully saturated rings. The minimum absolute atomic E-state index is 0.436. The molecule has 0 bridgehead atoms. The summed E-state index contributed by atoms with van der Waals surface area (Å²) in [6, 6.07) is 7.72. The summed E-state index contributed by atoms with van der Waals surface area (Å²) in [5.74, 6) is 0.838. The molecule has 21 heavy (non-hydrogen) atoms. The number of hydrogen-bond donors (Lipinski definition) is 1. The van der Waals surface area contributed by atoms with Crippen LogP contribution in [0.2, 0.25) is 0 Å². The molecule has 3 nitrogen and oxygen atoms in total. The lowest BCUT2D eigenvalue weighted by atomic mass is 9.89. The number of rotatable bonds is 4. The first kappa shape index (κ1) is 16.0. The van der Waals surface area contributed by atoms with Crippen LogP contribution in [0.15, 0.2) is 34.9 Å². The predicted molar refractivity (Wildman–Crippen MR) is 87.7 cm³/mol. The van der Waals surface area contributed by atoms with Gasteiger partial charge in [0.2, 0.25) is 0 Å². The van der Waals surface area contributed by atoms with Gasteiger partial charge in [-0.2, -0.15) is 0 Å². The highest BCUT2D eigenvalue weighted by atomic mass is 79.9. The van der Waals surface area contributed by atoms with Crippen molar-refractivity contribution in [3.63, 3.8) is 0 Å². The van der Waals surface area contributed by atoms with Gasteiger partial charge in [0.1, 0.15) is 5.75 Å². The second-order valence-corrected chi connectivity index (χ2v) is 6.42. The zero-order chi connectivity index (χ0) is 15.6. The Bertz CT molecular complexity index is 653. The predicted octanol–water partition coefficient (Wildman–Crippen LogP) is 3.92. The molecule has 1 unspecified atom stereocenters. The smallest absolute Gasteiger partial charge is 0.128 e. The summed E-state index contributed by atoms with van der Waals surface area (Å²) in [5.41, 5.74) is 2.70. The van der Waals surface area contributed by atoms with Crippen LogP contribution in [0.3, 0.4) is 0 Å². The number of aromatic nitrogens is 1. The molecule has 1 heterocycles. The van der Waals surface area contributed by atoms with E-state index in [9.17, 15) is 5.11 Å². The molecule has 0 aliphatic carbocycles. The molecule has 1 aromatic carbocycles. The molecular weight excluding hydrogens is 330 g/mol. The summed E-state index contributed by atoms with van der Waals surface area (Å²) in [6.07, 6.45) is 2.23. The number of benzene rings is 1. The monoisotopic (exact) mass is 349 g/mol. The summed E-state index contributed by atoms with van der Waals surface area (Å²) >= 11 is 3.44. The van der Waals surface area contributed by atoms with Crippen molar-refractivity contribution in [1.82, 2.24) is 4.98 Å². The van der Waals surface area contributed by atoms with Crippen LogP contribution in [0.25, 0.3) is 0 Å². The molecule has 0 aliphatic rings.